The summed E-state index contributed by atoms with van der Waals surface area (Å²) in [5.41, 5.74) is 1.14. The molecule has 1 aromatic carbocycles. The summed E-state index contributed by atoms with van der Waals surface area (Å²) < 4.78 is 12.7. The minimum atomic E-state index is -0.953. The Bertz CT molecular complexity index is 445. The number of aryl methyl sites for hydroxylation is 1. The fourth-order valence-corrected chi connectivity index (χ4v) is 2.00. The fourth-order valence-electron chi connectivity index (χ4n) is 2.00. The predicted octanol–water partition coefficient (Wildman–Crippen LogP) is 2.91. The molecule has 0 fully saturated rings. The van der Waals surface area contributed by atoms with Crippen molar-refractivity contribution in [1.82, 2.24) is 5.32 Å². The highest BCUT2D eigenvalue weighted by Crippen LogP contribution is 2.08. The molecule has 0 spiro atoms. The Morgan fingerprint density at radius 1 is 1.00 bits per heavy atom. The maximum Gasteiger partial charge on any atom is 0.303 e. The van der Waals surface area contributed by atoms with Crippen LogP contribution in [0.25, 0.3) is 0 Å². The molecule has 0 aliphatic rings. The number of hydrogen-bond acceptors (Lipinski definition) is 2. The number of carboxylic acid groups (broad SMARTS) is 1. The molecule has 21 heavy (non-hydrogen) atoms. The van der Waals surface area contributed by atoms with Crippen LogP contribution < -0.4 is 5.32 Å². The Morgan fingerprint density at radius 3 is 2.33 bits per heavy atom. The molecule has 0 atom stereocenters. The van der Waals surface area contributed by atoms with E-state index in [0.717, 1.165) is 37.7 Å². The van der Waals surface area contributed by atoms with Gasteiger partial charge in [0.25, 0.3) is 0 Å². The number of carbonyl (C=O) groups is 2. The number of aliphatic carboxylic acids is 1. The average molecular weight is 295 g/mol. The Hall–Kier alpha value is -1.91. The first-order valence-corrected chi connectivity index (χ1v) is 7.31. The molecule has 0 radical (unpaired) electrons. The SMILES string of the molecule is O=C(O)CCC(=O)NCCCCCCc1ccc(F)cc1. The second-order valence-electron chi connectivity index (χ2n) is 5.03. The molecular formula is C16H22FNO3. The average Bonchev–Trinajstić information content (AvgIpc) is 2.46. The molecule has 0 bridgehead atoms. The van der Waals surface area contributed by atoms with E-state index in [1.807, 2.05) is 0 Å². The second kappa shape index (κ2) is 9.91. The Kier molecular flexibility index (Phi) is 8.09. The van der Waals surface area contributed by atoms with Crippen molar-refractivity contribution >= 4 is 11.9 Å². The van der Waals surface area contributed by atoms with Crippen LogP contribution in [-0.4, -0.2) is 23.5 Å². The van der Waals surface area contributed by atoms with E-state index in [1.54, 1.807) is 12.1 Å². The van der Waals surface area contributed by atoms with Crippen LogP contribution in [-0.2, 0) is 16.0 Å². The van der Waals surface area contributed by atoms with Crippen LogP contribution in [0.1, 0.15) is 44.1 Å². The first-order chi connectivity index (χ1) is 10.1. The van der Waals surface area contributed by atoms with Crippen LogP contribution in [0.4, 0.5) is 4.39 Å². The molecule has 0 saturated carbocycles. The third kappa shape index (κ3) is 8.78. The van der Waals surface area contributed by atoms with Gasteiger partial charge in [-0.1, -0.05) is 25.0 Å². The monoisotopic (exact) mass is 295 g/mol. The molecule has 2 N–H and O–H groups in total. The van der Waals surface area contributed by atoms with E-state index >= 15 is 0 Å². The summed E-state index contributed by atoms with van der Waals surface area (Å²) in [4.78, 5) is 21.5. The van der Waals surface area contributed by atoms with E-state index in [0.29, 0.717) is 6.54 Å². The summed E-state index contributed by atoms with van der Waals surface area (Å²) in [7, 11) is 0. The zero-order valence-corrected chi connectivity index (χ0v) is 12.1. The molecule has 0 unspecified atom stereocenters. The number of amides is 1. The highest BCUT2D eigenvalue weighted by Gasteiger charge is 2.04. The van der Waals surface area contributed by atoms with Gasteiger partial charge >= 0.3 is 5.97 Å². The number of unbranched alkanes of at least 4 members (excludes halogenated alkanes) is 3. The molecule has 0 saturated heterocycles. The first kappa shape index (κ1) is 17.1. The van der Waals surface area contributed by atoms with E-state index in [4.69, 9.17) is 5.11 Å². The van der Waals surface area contributed by atoms with Gasteiger partial charge in [0.2, 0.25) is 5.91 Å². The van der Waals surface area contributed by atoms with Crippen molar-refractivity contribution in [2.45, 2.75) is 44.9 Å². The third-order valence-corrected chi connectivity index (χ3v) is 3.19. The van der Waals surface area contributed by atoms with Crippen LogP contribution in [0.15, 0.2) is 24.3 Å². The van der Waals surface area contributed by atoms with E-state index in [1.165, 1.54) is 12.1 Å². The zero-order chi connectivity index (χ0) is 15.5. The van der Waals surface area contributed by atoms with Gasteiger partial charge in [-0.2, -0.15) is 0 Å². The van der Waals surface area contributed by atoms with Crippen LogP contribution in [0.3, 0.4) is 0 Å². The van der Waals surface area contributed by atoms with Gasteiger partial charge in [-0.05, 0) is 37.0 Å². The molecule has 4 nitrogen and oxygen atoms in total. The van der Waals surface area contributed by atoms with Gasteiger partial charge < -0.3 is 10.4 Å². The van der Waals surface area contributed by atoms with Crippen molar-refractivity contribution < 1.29 is 19.1 Å². The summed E-state index contributed by atoms with van der Waals surface area (Å²) in [6.45, 7) is 0.592. The lowest BCUT2D eigenvalue weighted by atomic mass is 10.1. The van der Waals surface area contributed by atoms with Gasteiger partial charge in [-0.3, -0.25) is 9.59 Å². The number of carbonyl (C=O) groups excluding carboxylic acids is 1. The number of halogens is 1. The van der Waals surface area contributed by atoms with E-state index in [-0.39, 0.29) is 24.6 Å². The van der Waals surface area contributed by atoms with Gasteiger partial charge in [-0.25, -0.2) is 4.39 Å². The van der Waals surface area contributed by atoms with E-state index < -0.39 is 5.97 Å². The Labute approximate surface area is 124 Å². The Morgan fingerprint density at radius 2 is 1.67 bits per heavy atom. The molecular weight excluding hydrogens is 273 g/mol. The normalized spacial score (nSPS) is 10.3. The molecule has 5 heteroatoms. The lowest BCUT2D eigenvalue weighted by Gasteiger charge is -2.05. The number of hydrogen-bond donors (Lipinski definition) is 2. The molecule has 0 aromatic heterocycles. The summed E-state index contributed by atoms with van der Waals surface area (Å²) in [5, 5.41) is 11.1. The van der Waals surface area contributed by atoms with Crippen LogP contribution in [0, 0.1) is 5.82 Å². The van der Waals surface area contributed by atoms with Crippen LogP contribution in [0.5, 0.6) is 0 Å². The topological polar surface area (TPSA) is 66.4 Å². The summed E-state index contributed by atoms with van der Waals surface area (Å²) in [6.07, 6.45) is 4.86. The minimum Gasteiger partial charge on any atom is -0.481 e. The van der Waals surface area contributed by atoms with Crippen molar-refractivity contribution in [3.05, 3.63) is 35.6 Å². The van der Waals surface area contributed by atoms with E-state index in [9.17, 15) is 14.0 Å². The van der Waals surface area contributed by atoms with Gasteiger partial charge in [0.05, 0.1) is 6.42 Å². The van der Waals surface area contributed by atoms with E-state index in [2.05, 4.69) is 5.32 Å². The summed E-state index contributed by atoms with van der Waals surface area (Å²) in [6, 6.07) is 6.56. The molecule has 0 heterocycles. The highest BCUT2D eigenvalue weighted by molar-refractivity contribution is 5.80. The maximum absolute atomic E-state index is 12.7. The molecule has 1 rings (SSSR count). The first-order valence-electron chi connectivity index (χ1n) is 7.31. The standard InChI is InChI=1S/C16H22FNO3/c17-14-8-6-13(7-9-14)5-3-1-2-4-12-18-15(19)10-11-16(20)21/h6-9H,1-5,10-12H2,(H,18,19)(H,20,21). The lowest BCUT2D eigenvalue weighted by Crippen LogP contribution is -2.24. The molecule has 1 aromatic rings. The van der Waals surface area contributed by atoms with Crippen molar-refractivity contribution in [1.29, 1.82) is 0 Å². The fraction of sp³-hybridized carbons (Fsp3) is 0.500. The summed E-state index contributed by atoms with van der Waals surface area (Å²) in [5.74, 6) is -1.37. The van der Waals surface area contributed by atoms with Gasteiger partial charge in [-0.15, -0.1) is 0 Å². The zero-order valence-electron chi connectivity index (χ0n) is 12.1. The second-order valence-corrected chi connectivity index (χ2v) is 5.03. The van der Waals surface area contributed by atoms with Crippen molar-refractivity contribution in [3.63, 3.8) is 0 Å². The smallest absolute Gasteiger partial charge is 0.303 e. The number of carboxylic acids is 1. The van der Waals surface area contributed by atoms with Crippen molar-refractivity contribution in [2.24, 2.45) is 0 Å². The highest BCUT2D eigenvalue weighted by atomic mass is 19.1. The van der Waals surface area contributed by atoms with Crippen LogP contribution >= 0.6 is 0 Å². The molecule has 0 aliphatic carbocycles. The Balaban J connectivity index is 1.96. The maximum atomic E-state index is 12.7. The van der Waals surface area contributed by atoms with Crippen LogP contribution in [0.2, 0.25) is 0 Å². The van der Waals surface area contributed by atoms with Gasteiger partial charge in [0.1, 0.15) is 5.82 Å². The molecule has 1 amide bonds. The number of benzene rings is 1. The summed E-state index contributed by atoms with van der Waals surface area (Å²) >= 11 is 0. The third-order valence-electron chi connectivity index (χ3n) is 3.19. The predicted molar refractivity (Wildman–Crippen MR) is 78.5 cm³/mol. The minimum absolute atomic E-state index is 0.0416. The molecule has 0 aliphatic heterocycles. The van der Waals surface area contributed by atoms with Crippen molar-refractivity contribution in [2.75, 3.05) is 6.54 Å². The van der Waals surface area contributed by atoms with Gasteiger partial charge in [0.15, 0.2) is 0 Å². The number of nitrogens with one attached hydrogen (secondary N) is 1. The van der Waals surface area contributed by atoms with Gasteiger partial charge in [0, 0.05) is 13.0 Å². The lowest BCUT2D eigenvalue weighted by molar-refractivity contribution is -0.138. The van der Waals surface area contributed by atoms with Crippen molar-refractivity contribution in [3.8, 4) is 0 Å². The quantitative estimate of drug-likeness (QED) is 0.652. The largest absolute Gasteiger partial charge is 0.481 e. The molecule has 116 valence electrons. The number of rotatable bonds is 10.